The molecule has 11 rings (SSSR count). The molecule has 5 heterocycles. The highest BCUT2D eigenvalue weighted by atomic mass is 16.7. The summed E-state index contributed by atoms with van der Waals surface area (Å²) < 4.78 is 35.0. The maximum Gasteiger partial charge on any atom is 0.421 e. The fourth-order valence-corrected chi connectivity index (χ4v) is 12.4. The Morgan fingerprint density at radius 3 is 2.21 bits per heavy atom. The van der Waals surface area contributed by atoms with Gasteiger partial charge in [-0.3, -0.25) is 24.2 Å². The molecule has 5 aromatic carbocycles. The molecule has 6 aliphatic rings. The van der Waals surface area contributed by atoms with E-state index in [0.29, 0.717) is 66.4 Å². The lowest BCUT2D eigenvalue weighted by Gasteiger charge is -2.46. The predicted molar refractivity (Wildman–Crippen MR) is 278 cm³/mol. The number of aliphatic hydroxyl groups excluding tert-OH is 1. The number of amides is 3. The van der Waals surface area contributed by atoms with Crippen LogP contribution >= 0.6 is 0 Å². The van der Waals surface area contributed by atoms with Gasteiger partial charge in [0.05, 0.1) is 36.9 Å². The first-order valence-corrected chi connectivity index (χ1v) is 26.3. The van der Waals surface area contributed by atoms with Crippen molar-refractivity contribution >= 4 is 29.6 Å². The van der Waals surface area contributed by atoms with E-state index in [1.807, 2.05) is 89.8 Å². The fraction of sp³-hybridized carbons (Fsp3) is 0.400. The van der Waals surface area contributed by atoms with Gasteiger partial charge in [-0.15, -0.1) is 0 Å². The van der Waals surface area contributed by atoms with Crippen LogP contribution in [0.15, 0.2) is 121 Å². The molecule has 16 nitrogen and oxygen atoms in total. The number of anilines is 1. The van der Waals surface area contributed by atoms with Gasteiger partial charge in [-0.05, 0) is 96.0 Å². The second kappa shape index (κ2) is 21.8. The quantitative estimate of drug-likeness (QED) is 0.0565. The summed E-state index contributed by atoms with van der Waals surface area (Å²) in [6, 6.07) is 33.7. The maximum absolute atomic E-state index is 16.8. The van der Waals surface area contributed by atoms with Crippen molar-refractivity contribution in [2.24, 2.45) is 5.92 Å². The van der Waals surface area contributed by atoms with E-state index in [1.54, 1.807) is 41.3 Å². The normalized spacial score (nSPS) is 24.8. The number of imide groups is 1. The zero-order valence-electron chi connectivity index (χ0n) is 42.5. The Bertz CT molecular complexity index is 3020. The minimum absolute atomic E-state index is 0.0281. The molecule has 1 aliphatic carbocycles. The molecule has 3 saturated heterocycles. The molecule has 1 saturated carbocycles. The minimum Gasteiger partial charge on any atom is -0.491 e. The number of fused-ring (bicyclic) bond motifs is 4. The van der Waals surface area contributed by atoms with Crippen LogP contribution in [0.4, 0.5) is 10.5 Å². The largest absolute Gasteiger partial charge is 0.491 e. The van der Waals surface area contributed by atoms with Gasteiger partial charge in [0.15, 0.2) is 11.5 Å². The Kier molecular flexibility index (Phi) is 14.6. The summed E-state index contributed by atoms with van der Waals surface area (Å²) in [5.41, 5.74) is 0.558. The van der Waals surface area contributed by atoms with E-state index in [9.17, 15) is 15.0 Å². The Morgan fingerprint density at radius 2 is 1.47 bits per heavy atom. The number of methoxy groups -OCH3 is 1. The number of benzene rings is 5. The van der Waals surface area contributed by atoms with Crippen LogP contribution in [-0.4, -0.2) is 127 Å². The lowest BCUT2D eigenvalue weighted by atomic mass is 9.64. The SMILES string of the molecule is COCCOC(=O)N1C(=O)C2(c3cc(C#CC4(O)CCCCCC4)ccc31)C(C(=O)N1CCN(Cc3ccc4c(c3)OCO4)CC1)C1C(=O)OC(c3ccccc3)C(c3ccccc3)N1C2c1cccc(OCCO)c1. The van der Waals surface area contributed by atoms with Crippen LogP contribution in [0.2, 0.25) is 0 Å². The van der Waals surface area contributed by atoms with Crippen LogP contribution in [0.25, 0.3) is 0 Å². The molecule has 3 amide bonds. The Balaban J connectivity index is 1.12. The third-order valence-electron chi connectivity index (χ3n) is 15.9. The van der Waals surface area contributed by atoms with Crippen LogP contribution in [0.1, 0.15) is 90.1 Å². The number of carbonyl (C=O) groups is 4. The van der Waals surface area contributed by atoms with Gasteiger partial charge >= 0.3 is 12.1 Å². The third-order valence-corrected chi connectivity index (χ3v) is 15.9. The van der Waals surface area contributed by atoms with Gasteiger partial charge in [0.25, 0.3) is 0 Å². The summed E-state index contributed by atoms with van der Waals surface area (Å²) >= 11 is 0. The zero-order chi connectivity index (χ0) is 52.4. The third kappa shape index (κ3) is 9.45. The van der Waals surface area contributed by atoms with Crippen LogP contribution in [-0.2, 0) is 40.6 Å². The number of cyclic esters (lactones) is 1. The zero-order valence-corrected chi connectivity index (χ0v) is 42.5. The Hall–Kier alpha value is -7.26. The van der Waals surface area contributed by atoms with Crippen molar-refractivity contribution in [2.75, 3.05) is 71.4 Å². The number of hydrogen-bond donors (Lipinski definition) is 2. The van der Waals surface area contributed by atoms with Gasteiger partial charge in [-0.1, -0.05) is 104 Å². The first-order chi connectivity index (χ1) is 37.1. The van der Waals surface area contributed by atoms with Crippen molar-refractivity contribution < 1.29 is 57.8 Å². The van der Waals surface area contributed by atoms with E-state index in [-0.39, 0.29) is 57.6 Å². The molecule has 0 bridgehead atoms. The standard InChI is InChI=1S/C60H62N4O12/c1-71-33-34-73-58(69)63-47-21-19-40(23-26-59(70)24-10-2-3-11-25-59)35-46(47)60(57(63)68)50(55(66)62-29-27-61(28-30-62)38-41-20-22-48-49(36-41)75-39-74-48)52-56(67)76-53(43-15-8-5-9-16-43)51(42-13-6-4-7-14-42)64(52)54(60)44-17-12-18-45(37-44)72-32-31-65/h4-9,12-22,35-37,50-54,65,70H,2-3,10-11,24-25,27-34,38-39H2,1H3. The maximum atomic E-state index is 16.8. The molecule has 6 atom stereocenters. The molecule has 0 radical (unpaired) electrons. The number of rotatable bonds is 12. The summed E-state index contributed by atoms with van der Waals surface area (Å²) in [6.45, 7) is 1.79. The second-order valence-corrected chi connectivity index (χ2v) is 20.4. The summed E-state index contributed by atoms with van der Waals surface area (Å²) in [5.74, 6) is 4.74. The summed E-state index contributed by atoms with van der Waals surface area (Å²) in [7, 11) is 1.48. The van der Waals surface area contributed by atoms with Gasteiger partial charge in [-0.25, -0.2) is 9.69 Å². The molecule has 2 N–H and O–H groups in total. The highest BCUT2D eigenvalue weighted by molar-refractivity contribution is 6.23. The number of nitrogens with zero attached hydrogens (tertiary/aromatic N) is 4. The molecule has 1 spiro atoms. The molecular formula is C60H62N4O12. The van der Waals surface area contributed by atoms with E-state index < -0.39 is 65.0 Å². The molecule has 5 aromatic rings. The average molecular weight is 1030 g/mol. The number of carbonyl (C=O) groups excluding carboxylic acids is 4. The summed E-state index contributed by atoms with van der Waals surface area (Å²) in [4.78, 5) is 70.7. The Morgan fingerprint density at radius 1 is 0.750 bits per heavy atom. The van der Waals surface area contributed by atoms with Crippen molar-refractivity contribution in [2.45, 2.75) is 80.3 Å². The number of morpholine rings is 1. The van der Waals surface area contributed by atoms with Gasteiger partial charge in [0, 0.05) is 45.4 Å². The molecule has 5 aliphatic heterocycles. The molecule has 6 unspecified atom stereocenters. The first kappa shape index (κ1) is 50.9. The fourth-order valence-electron chi connectivity index (χ4n) is 12.4. The minimum atomic E-state index is -2.06. The van der Waals surface area contributed by atoms with Crippen molar-refractivity contribution in [1.82, 2.24) is 14.7 Å². The van der Waals surface area contributed by atoms with E-state index in [1.165, 1.54) is 7.11 Å². The van der Waals surface area contributed by atoms with E-state index in [0.717, 1.165) is 41.7 Å². The molecule has 4 fully saturated rings. The van der Waals surface area contributed by atoms with Gasteiger partial charge in [0.1, 0.15) is 42.1 Å². The Labute approximate surface area is 442 Å². The van der Waals surface area contributed by atoms with Crippen LogP contribution in [0.3, 0.4) is 0 Å². The van der Waals surface area contributed by atoms with Gasteiger partial charge < -0.3 is 43.5 Å². The van der Waals surface area contributed by atoms with Crippen molar-refractivity contribution in [3.8, 4) is 29.1 Å². The second-order valence-electron chi connectivity index (χ2n) is 20.4. The summed E-state index contributed by atoms with van der Waals surface area (Å²) in [5, 5.41) is 21.7. The number of piperazine rings is 1. The van der Waals surface area contributed by atoms with E-state index in [4.69, 9.17) is 28.4 Å². The highest BCUT2D eigenvalue weighted by Gasteiger charge is 2.76. The number of aliphatic hydroxyl groups is 2. The molecule has 0 aromatic heterocycles. The molecular weight excluding hydrogens is 969 g/mol. The predicted octanol–water partition coefficient (Wildman–Crippen LogP) is 7.02. The average Bonchev–Trinajstić information content (AvgIpc) is 3.69. The number of esters is 1. The van der Waals surface area contributed by atoms with Crippen LogP contribution < -0.4 is 19.1 Å². The smallest absolute Gasteiger partial charge is 0.421 e. The highest BCUT2D eigenvalue weighted by Crippen LogP contribution is 2.66. The van der Waals surface area contributed by atoms with Crippen LogP contribution in [0, 0.1) is 17.8 Å². The van der Waals surface area contributed by atoms with Crippen molar-refractivity contribution in [3.63, 3.8) is 0 Å². The lowest BCUT2D eigenvalue weighted by Crippen LogP contribution is -2.59. The first-order valence-electron chi connectivity index (χ1n) is 26.3. The topological polar surface area (TPSA) is 177 Å². The number of hydrogen-bond acceptors (Lipinski definition) is 14. The molecule has 394 valence electrons. The summed E-state index contributed by atoms with van der Waals surface area (Å²) in [6.07, 6.45) is 2.75. The lowest BCUT2D eigenvalue weighted by molar-refractivity contribution is -0.179. The monoisotopic (exact) mass is 1030 g/mol. The van der Waals surface area contributed by atoms with Crippen LogP contribution in [0.5, 0.6) is 17.2 Å². The van der Waals surface area contributed by atoms with E-state index in [2.05, 4.69) is 16.7 Å². The number of ether oxygens (including phenoxy) is 6. The van der Waals surface area contributed by atoms with Crippen molar-refractivity contribution in [1.29, 1.82) is 0 Å². The van der Waals surface area contributed by atoms with Gasteiger partial charge in [0.2, 0.25) is 18.6 Å². The molecule has 16 heteroatoms. The van der Waals surface area contributed by atoms with Crippen molar-refractivity contribution in [3.05, 3.63) is 155 Å². The van der Waals surface area contributed by atoms with E-state index >= 15 is 14.4 Å². The molecule has 76 heavy (non-hydrogen) atoms. The van der Waals surface area contributed by atoms with Gasteiger partial charge in [-0.2, -0.15) is 0 Å².